The van der Waals surface area contributed by atoms with Crippen molar-refractivity contribution in [1.29, 1.82) is 0 Å². The van der Waals surface area contributed by atoms with E-state index in [1.807, 2.05) is 18.2 Å². The molecule has 0 saturated carbocycles. The van der Waals surface area contributed by atoms with Gasteiger partial charge in [0.25, 0.3) is 0 Å². The Kier molecular flexibility index (Phi) is 5.48. The summed E-state index contributed by atoms with van der Waals surface area (Å²) in [6.07, 6.45) is 0. The van der Waals surface area contributed by atoms with E-state index in [4.69, 9.17) is 4.18 Å². The van der Waals surface area contributed by atoms with Gasteiger partial charge in [0, 0.05) is 10.9 Å². The molecule has 0 bridgehead atoms. The van der Waals surface area contributed by atoms with Crippen molar-refractivity contribution in [3.8, 4) is 5.75 Å². The van der Waals surface area contributed by atoms with Crippen molar-refractivity contribution in [3.63, 3.8) is 0 Å². The first kappa shape index (κ1) is 18.0. The molecule has 0 spiro atoms. The van der Waals surface area contributed by atoms with Gasteiger partial charge in [-0.05, 0) is 34.3 Å². The quantitative estimate of drug-likeness (QED) is 0.690. The second-order valence-corrected chi connectivity index (χ2v) is 7.44. The van der Waals surface area contributed by atoms with Crippen LogP contribution in [0.25, 0.3) is 10.8 Å². The topological polar surface area (TPSA) is 49.4 Å². The highest BCUT2D eigenvalue weighted by molar-refractivity contribution is 7.74. The number of hydrogen-bond donors (Lipinski definition) is 0. The van der Waals surface area contributed by atoms with Crippen LogP contribution in [0, 0.1) is 0 Å². The van der Waals surface area contributed by atoms with Crippen LogP contribution in [0.4, 0.5) is 0 Å². The van der Waals surface area contributed by atoms with Crippen molar-refractivity contribution in [2.24, 2.45) is 0 Å². The molecule has 0 aliphatic rings. The van der Waals surface area contributed by atoms with Crippen molar-refractivity contribution in [1.82, 2.24) is 0 Å². The standard InChI is InChI=1S/C19H26O3S/c1-11(2)16-14-9-7-8-10-15(14)19(22-23(20)21)18(13(5)6)17(16)12(3)4/h7-13H,1-6H3,(H,20,21)/p-1. The fourth-order valence-corrected chi connectivity index (χ4v) is 3.76. The van der Waals surface area contributed by atoms with Crippen LogP contribution in [0.5, 0.6) is 5.75 Å². The Morgan fingerprint density at radius 1 is 0.826 bits per heavy atom. The summed E-state index contributed by atoms with van der Waals surface area (Å²) < 4.78 is 27.8. The van der Waals surface area contributed by atoms with E-state index in [9.17, 15) is 8.76 Å². The minimum atomic E-state index is -2.59. The van der Waals surface area contributed by atoms with Crippen LogP contribution in [0.2, 0.25) is 0 Å². The third kappa shape index (κ3) is 3.43. The lowest BCUT2D eigenvalue weighted by Gasteiger charge is -2.28. The minimum absolute atomic E-state index is 0.174. The van der Waals surface area contributed by atoms with Crippen LogP contribution in [-0.4, -0.2) is 8.76 Å². The van der Waals surface area contributed by atoms with Gasteiger partial charge in [-0.1, -0.05) is 65.8 Å². The molecule has 0 amide bonds. The van der Waals surface area contributed by atoms with Gasteiger partial charge in [-0.3, -0.25) is 0 Å². The predicted molar refractivity (Wildman–Crippen MR) is 95.8 cm³/mol. The Hall–Kier alpha value is -1.39. The van der Waals surface area contributed by atoms with Crippen molar-refractivity contribution in [3.05, 3.63) is 41.0 Å². The summed E-state index contributed by atoms with van der Waals surface area (Å²) in [5, 5.41) is 1.95. The molecule has 0 aliphatic carbocycles. The summed E-state index contributed by atoms with van der Waals surface area (Å²) in [7, 11) is 0. The van der Waals surface area contributed by atoms with E-state index in [1.54, 1.807) is 0 Å². The SMILES string of the molecule is CC(C)c1c(C(C)C)c(C(C)C)c2ccccc2c1OS(=O)[O-]. The average Bonchev–Trinajstić information content (AvgIpc) is 2.45. The zero-order chi connectivity index (χ0) is 17.3. The molecule has 2 aromatic rings. The van der Waals surface area contributed by atoms with Gasteiger partial charge in [0.2, 0.25) is 0 Å². The number of rotatable bonds is 5. The van der Waals surface area contributed by atoms with Gasteiger partial charge in [-0.25, -0.2) is 4.21 Å². The van der Waals surface area contributed by atoms with E-state index < -0.39 is 11.4 Å². The molecule has 1 atom stereocenters. The average molecular weight is 333 g/mol. The maximum atomic E-state index is 11.3. The Balaban J connectivity index is 3.04. The molecule has 3 nitrogen and oxygen atoms in total. The van der Waals surface area contributed by atoms with E-state index in [0.717, 1.165) is 16.3 Å². The van der Waals surface area contributed by atoms with E-state index in [2.05, 4.69) is 47.6 Å². The van der Waals surface area contributed by atoms with Gasteiger partial charge in [-0.15, -0.1) is 0 Å². The van der Waals surface area contributed by atoms with Crippen LogP contribution < -0.4 is 4.18 Å². The summed E-state index contributed by atoms with van der Waals surface area (Å²) in [4.78, 5) is 0. The molecule has 0 saturated heterocycles. The lowest BCUT2D eigenvalue weighted by atomic mass is 9.79. The largest absolute Gasteiger partial charge is 0.740 e. The Morgan fingerprint density at radius 3 is 1.74 bits per heavy atom. The number of benzene rings is 2. The summed E-state index contributed by atoms with van der Waals surface area (Å²) in [5.74, 6) is 1.29. The first-order valence-electron chi connectivity index (χ1n) is 8.11. The lowest BCUT2D eigenvalue weighted by Crippen LogP contribution is -2.11. The summed E-state index contributed by atoms with van der Waals surface area (Å²) >= 11 is -2.59. The fraction of sp³-hybridized carbons (Fsp3) is 0.474. The Morgan fingerprint density at radius 2 is 1.30 bits per heavy atom. The number of fused-ring (bicyclic) bond motifs is 1. The molecule has 0 N–H and O–H groups in total. The second-order valence-electron chi connectivity index (χ2n) is 6.87. The predicted octanol–water partition coefficient (Wildman–Crippen LogP) is 5.38. The molecule has 4 heteroatoms. The normalized spacial score (nSPS) is 13.3. The van der Waals surface area contributed by atoms with Gasteiger partial charge in [-0.2, -0.15) is 0 Å². The van der Waals surface area contributed by atoms with Gasteiger partial charge < -0.3 is 8.74 Å². The first-order valence-corrected chi connectivity index (χ1v) is 9.11. The molecule has 126 valence electrons. The molecule has 0 fully saturated rings. The minimum Gasteiger partial charge on any atom is -0.740 e. The lowest BCUT2D eigenvalue weighted by molar-refractivity contribution is 0.438. The molecule has 0 aliphatic heterocycles. The molecule has 2 rings (SSSR count). The second kappa shape index (κ2) is 7.02. The molecule has 23 heavy (non-hydrogen) atoms. The van der Waals surface area contributed by atoms with Crippen LogP contribution in [-0.2, 0) is 11.4 Å². The van der Waals surface area contributed by atoms with Crippen molar-refractivity contribution in [2.45, 2.75) is 59.3 Å². The summed E-state index contributed by atoms with van der Waals surface area (Å²) in [6, 6.07) is 7.91. The molecule has 1 unspecified atom stereocenters. The Labute approximate surface area is 141 Å². The Bertz CT molecular complexity index is 733. The van der Waals surface area contributed by atoms with Gasteiger partial charge in [0.15, 0.2) is 5.75 Å². The van der Waals surface area contributed by atoms with Gasteiger partial charge in [0.05, 0.1) is 0 Å². The zero-order valence-corrected chi connectivity index (χ0v) is 15.5. The highest BCUT2D eigenvalue weighted by atomic mass is 32.2. The van der Waals surface area contributed by atoms with Gasteiger partial charge in [0.1, 0.15) is 11.4 Å². The zero-order valence-electron chi connectivity index (χ0n) is 14.7. The molecule has 0 heterocycles. The van der Waals surface area contributed by atoms with Crippen LogP contribution >= 0.6 is 0 Å². The fourth-order valence-electron chi connectivity index (χ4n) is 3.45. The van der Waals surface area contributed by atoms with Crippen LogP contribution in [0.15, 0.2) is 24.3 Å². The van der Waals surface area contributed by atoms with Crippen LogP contribution in [0.1, 0.15) is 76.0 Å². The number of hydrogen-bond acceptors (Lipinski definition) is 3. The summed E-state index contributed by atoms with van der Waals surface area (Å²) in [5.41, 5.74) is 3.52. The van der Waals surface area contributed by atoms with Crippen LogP contribution in [0.3, 0.4) is 0 Å². The molecule has 0 radical (unpaired) electrons. The molecular formula is C19H25O3S-. The maximum Gasteiger partial charge on any atom is 0.150 e. The first-order chi connectivity index (χ1) is 10.8. The van der Waals surface area contributed by atoms with Gasteiger partial charge >= 0.3 is 0 Å². The highest BCUT2D eigenvalue weighted by Crippen LogP contribution is 2.45. The van der Waals surface area contributed by atoms with Crippen molar-refractivity contribution >= 4 is 22.1 Å². The highest BCUT2D eigenvalue weighted by Gasteiger charge is 2.25. The van der Waals surface area contributed by atoms with E-state index in [-0.39, 0.29) is 11.8 Å². The smallest absolute Gasteiger partial charge is 0.150 e. The molecule has 2 aromatic carbocycles. The van der Waals surface area contributed by atoms with E-state index >= 15 is 0 Å². The third-order valence-corrected chi connectivity index (χ3v) is 4.47. The summed E-state index contributed by atoms with van der Waals surface area (Å²) in [6.45, 7) is 12.8. The van der Waals surface area contributed by atoms with Crippen molar-refractivity contribution in [2.75, 3.05) is 0 Å². The van der Waals surface area contributed by atoms with Crippen molar-refractivity contribution < 1.29 is 12.9 Å². The maximum absolute atomic E-state index is 11.3. The monoisotopic (exact) mass is 333 g/mol. The van der Waals surface area contributed by atoms with E-state index in [0.29, 0.717) is 11.7 Å². The third-order valence-electron chi connectivity index (χ3n) is 4.17. The molecule has 0 aromatic heterocycles. The molecular weight excluding hydrogens is 308 g/mol. The van der Waals surface area contributed by atoms with E-state index in [1.165, 1.54) is 11.1 Å².